The van der Waals surface area contributed by atoms with Crippen molar-refractivity contribution in [2.45, 2.75) is 40.4 Å². The average Bonchev–Trinajstić information content (AvgIpc) is 2.88. The fourth-order valence-electron chi connectivity index (χ4n) is 3.28. The van der Waals surface area contributed by atoms with Crippen LogP contribution in [0.1, 0.15) is 51.5 Å². The summed E-state index contributed by atoms with van der Waals surface area (Å²) in [5, 5.41) is 11.0. The molecule has 0 aliphatic rings. The molecule has 0 aliphatic carbocycles. The first-order valence-electron chi connectivity index (χ1n) is 8.46. The van der Waals surface area contributed by atoms with Crippen LogP contribution in [0.2, 0.25) is 5.02 Å². The van der Waals surface area contributed by atoms with Gasteiger partial charge in [-0.25, -0.2) is 9.59 Å². The van der Waals surface area contributed by atoms with Crippen molar-refractivity contribution in [2.75, 3.05) is 0 Å². The van der Waals surface area contributed by atoms with Crippen LogP contribution in [0.15, 0.2) is 27.4 Å². The summed E-state index contributed by atoms with van der Waals surface area (Å²) in [5.74, 6) is -0.568. The first-order valence-corrected chi connectivity index (χ1v) is 8.84. The summed E-state index contributed by atoms with van der Waals surface area (Å²) in [7, 11) is 0. The van der Waals surface area contributed by atoms with Gasteiger partial charge in [0.25, 0.3) is 0 Å². The van der Waals surface area contributed by atoms with E-state index in [1.165, 1.54) is 6.07 Å². The van der Waals surface area contributed by atoms with Gasteiger partial charge in [-0.2, -0.15) is 0 Å². The summed E-state index contributed by atoms with van der Waals surface area (Å²) in [4.78, 5) is 27.3. The predicted octanol–water partition coefficient (Wildman–Crippen LogP) is 4.11. The van der Waals surface area contributed by atoms with E-state index >= 15 is 0 Å². The summed E-state index contributed by atoms with van der Waals surface area (Å²) in [6.45, 7) is 6.87. The highest BCUT2D eigenvalue weighted by Gasteiger charge is 2.21. The van der Waals surface area contributed by atoms with Crippen molar-refractivity contribution in [1.82, 2.24) is 4.98 Å². The molecule has 27 heavy (non-hydrogen) atoms. The van der Waals surface area contributed by atoms with Crippen molar-refractivity contribution in [1.29, 1.82) is 0 Å². The Labute approximate surface area is 160 Å². The van der Waals surface area contributed by atoms with Crippen LogP contribution < -0.4 is 5.63 Å². The number of carbonyl (C=O) groups excluding carboxylic acids is 1. The quantitative estimate of drug-likeness (QED) is 0.517. The number of halogens is 1. The van der Waals surface area contributed by atoms with Crippen LogP contribution in [-0.2, 0) is 11.3 Å². The fraction of sp³-hybridized carbons (Fsp3) is 0.300. The molecule has 3 aromatic rings. The number of ether oxygens (including phenoxy) is 1. The first kappa shape index (κ1) is 19.2. The maximum Gasteiger partial charge on any atom is 0.355 e. The highest BCUT2D eigenvalue weighted by Crippen LogP contribution is 2.27. The zero-order valence-corrected chi connectivity index (χ0v) is 16.2. The van der Waals surface area contributed by atoms with Crippen molar-refractivity contribution < 1.29 is 19.1 Å². The molecule has 0 saturated heterocycles. The Hall–Kier alpha value is -2.57. The number of hydrogen-bond donors (Lipinski definition) is 2. The Kier molecular flexibility index (Phi) is 5.13. The molecule has 0 bridgehead atoms. The molecule has 1 atom stereocenters. The minimum atomic E-state index is -0.698. The number of rotatable bonds is 4. The van der Waals surface area contributed by atoms with Gasteiger partial charge in [0.2, 0.25) is 0 Å². The van der Waals surface area contributed by atoms with Crippen LogP contribution in [0, 0.1) is 20.8 Å². The number of nitrogens with one attached hydrogen (secondary N) is 1. The highest BCUT2D eigenvalue weighted by molar-refractivity contribution is 6.32. The van der Waals surface area contributed by atoms with Crippen molar-refractivity contribution in [3.8, 4) is 0 Å². The smallest absolute Gasteiger partial charge is 0.355 e. The van der Waals surface area contributed by atoms with E-state index in [9.17, 15) is 14.7 Å². The molecule has 0 saturated carbocycles. The second kappa shape index (κ2) is 7.21. The van der Waals surface area contributed by atoms with E-state index in [2.05, 4.69) is 4.98 Å². The minimum absolute atomic E-state index is 0.109. The van der Waals surface area contributed by atoms with Gasteiger partial charge in [-0.3, -0.25) is 0 Å². The van der Waals surface area contributed by atoms with Crippen molar-refractivity contribution in [3.63, 3.8) is 0 Å². The van der Waals surface area contributed by atoms with Gasteiger partial charge in [-0.1, -0.05) is 11.6 Å². The monoisotopic (exact) mass is 389 g/mol. The number of carbonyl (C=O) groups is 1. The predicted molar refractivity (Wildman–Crippen MR) is 102 cm³/mol. The molecule has 0 spiro atoms. The SMILES string of the molecule is Cc1cc2oc(=O)cc(COC(=O)c3[nH]c(C)c([C@H](C)O)c3C)c2cc1Cl. The fourth-order valence-corrected chi connectivity index (χ4v) is 3.44. The molecule has 7 heteroatoms. The van der Waals surface area contributed by atoms with Gasteiger partial charge in [0, 0.05) is 33.3 Å². The third-order valence-electron chi connectivity index (χ3n) is 4.59. The van der Waals surface area contributed by atoms with Gasteiger partial charge >= 0.3 is 11.6 Å². The van der Waals surface area contributed by atoms with Gasteiger partial charge in [0.05, 0.1) is 6.10 Å². The van der Waals surface area contributed by atoms with Crippen molar-refractivity contribution >= 4 is 28.5 Å². The molecule has 0 radical (unpaired) electrons. The van der Waals surface area contributed by atoms with Crippen molar-refractivity contribution in [3.05, 3.63) is 67.3 Å². The molecule has 1 aromatic carbocycles. The number of fused-ring (bicyclic) bond motifs is 1. The lowest BCUT2D eigenvalue weighted by Gasteiger charge is -2.09. The lowest BCUT2D eigenvalue weighted by molar-refractivity contribution is 0.0466. The summed E-state index contributed by atoms with van der Waals surface area (Å²) in [6, 6.07) is 4.65. The molecule has 0 aliphatic heterocycles. The number of hydrogen-bond acceptors (Lipinski definition) is 5. The number of aliphatic hydroxyl groups excluding tert-OH is 1. The Bertz CT molecular complexity index is 1090. The number of H-pyrrole nitrogens is 1. The van der Waals surface area contributed by atoms with Gasteiger partial charge in [0.1, 0.15) is 17.9 Å². The van der Waals surface area contributed by atoms with Crippen molar-refractivity contribution in [2.24, 2.45) is 0 Å². The third-order valence-corrected chi connectivity index (χ3v) is 4.99. The van der Waals surface area contributed by atoms with Gasteiger partial charge < -0.3 is 19.2 Å². The van der Waals surface area contributed by atoms with E-state index < -0.39 is 17.7 Å². The van der Waals surface area contributed by atoms with Crippen LogP contribution in [-0.4, -0.2) is 16.1 Å². The molecule has 2 N–H and O–H groups in total. The second-order valence-corrected chi connectivity index (χ2v) is 7.01. The molecule has 6 nitrogen and oxygen atoms in total. The first-order chi connectivity index (χ1) is 12.7. The molecule has 0 fully saturated rings. The Morgan fingerprint density at radius 3 is 2.63 bits per heavy atom. The minimum Gasteiger partial charge on any atom is -0.456 e. The number of benzene rings is 1. The lowest BCUT2D eigenvalue weighted by atomic mass is 10.1. The van der Waals surface area contributed by atoms with Crippen LogP contribution in [0.4, 0.5) is 0 Å². The van der Waals surface area contributed by atoms with Crippen LogP contribution in [0.3, 0.4) is 0 Å². The summed E-state index contributed by atoms with van der Waals surface area (Å²) in [5.41, 5.74) is 3.46. The molecule has 3 rings (SSSR count). The van der Waals surface area contributed by atoms with Gasteiger partial charge in [0.15, 0.2) is 0 Å². The zero-order valence-electron chi connectivity index (χ0n) is 15.5. The maximum atomic E-state index is 12.5. The zero-order chi connectivity index (χ0) is 19.9. The van der Waals surface area contributed by atoms with Gasteiger partial charge in [-0.05, 0) is 51.0 Å². The summed E-state index contributed by atoms with van der Waals surface area (Å²) < 4.78 is 10.6. The number of aliphatic hydroxyl groups is 1. The van der Waals surface area contributed by atoms with E-state index in [0.717, 1.165) is 5.56 Å². The van der Waals surface area contributed by atoms with Crippen LogP contribution in [0.5, 0.6) is 0 Å². The van der Waals surface area contributed by atoms with E-state index in [-0.39, 0.29) is 12.3 Å². The van der Waals surface area contributed by atoms with E-state index in [1.807, 2.05) is 6.92 Å². The molecule has 0 amide bonds. The molecule has 142 valence electrons. The summed E-state index contributed by atoms with van der Waals surface area (Å²) >= 11 is 6.17. The van der Waals surface area contributed by atoms with Gasteiger partial charge in [-0.15, -0.1) is 0 Å². The molecule has 2 heterocycles. The van der Waals surface area contributed by atoms with Crippen LogP contribution in [0.25, 0.3) is 11.0 Å². The van der Waals surface area contributed by atoms with E-state index in [1.54, 1.807) is 32.9 Å². The van der Waals surface area contributed by atoms with Crippen LogP contribution >= 0.6 is 11.6 Å². The molecular weight excluding hydrogens is 370 g/mol. The molecular formula is C20H20ClNO5. The second-order valence-electron chi connectivity index (χ2n) is 6.60. The highest BCUT2D eigenvalue weighted by atomic mass is 35.5. The Balaban J connectivity index is 1.91. The summed E-state index contributed by atoms with van der Waals surface area (Å²) in [6.07, 6.45) is -0.698. The topological polar surface area (TPSA) is 92.5 Å². The number of aromatic nitrogens is 1. The lowest BCUT2D eigenvalue weighted by Crippen LogP contribution is -2.09. The number of aromatic amines is 1. The number of aryl methyl sites for hydroxylation is 2. The maximum absolute atomic E-state index is 12.5. The third kappa shape index (κ3) is 3.63. The Morgan fingerprint density at radius 1 is 1.30 bits per heavy atom. The number of esters is 1. The average molecular weight is 390 g/mol. The standard InChI is InChI=1S/C20H20ClNO5/c1-9-5-16-14(7-15(9)21)13(6-17(24)27-16)8-26-20(25)19-10(2)18(12(4)23)11(3)22-19/h5-7,12,22-23H,8H2,1-4H3/t12-/m0/s1. The molecule has 2 aromatic heterocycles. The Morgan fingerprint density at radius 2 is 2.00 bits per heavy atom. The van der Waals surface area contributed by atoms with E-state index in [4.69, 9.17) is 20.8 Å². The van der Waals surface area contributed by atoms with E-state index in [0.29, 0.717) is 38.4 Å². The normalized spacial score (nSPS) is 12.4. The molecule has 0 unspecified atom stereocenters. The largest absolute Gasteiger partial charge is 0.456 e.